The Bertz CT molecular complexity index is 961. The largest absolute Gasteiger partial charge is 0.489 e. The smallest absolute Gasteiger partial charge is 0.397 e. The minimum atomic E-state index is -0.430. The first-order valence-corrected chi connectivity index (χ1v) is 9.23. The molecular formula is C22H25NO4. The van der Waals surface area contributed by atoms with Crippen molar-refractivity contribution < 1.29 is 13.9 Å². The van der Waals surface area contributed by atoms with Gasteiger partial charge in [-0.2, -0.15) is 4.98 Å². The number of aromatic nitrogens is 1. The summed E-state index contributed by atoms with van der Waals surface area (Å²) in [4.78, 5) is 16.9. The van der Waals surface area contributed by atoms with E-state index in [1.165, 1.54) is 0 Å². The van der Waals surface area contributed by atoms with Crippen molar-refractivity contribution in [2.45, 2.75) is 46.8 Å². The molecule has 3 aromatic rings. The van der Waals surface area contributed by atoms with E-state index in [0.29, 0.717) is 29.2 Å². The van der Waals surface area contributed by atoms with E-state index in [-0.39, 0.29) is 12.2 Å². The molecule has 1 aromatic heterocycles. The van der Waals surface area contributed by atoms with E-state index in [1.54, 1.807) is 6.07 Å². The summed E-state index contributed by atoms with van der Waals surface area (Å²) in [6, 6.07) is 13.6. The Balaban J connectivity index is 2.01. The molecule has 1 heterocycles. The van der Waals surface area contributed by atoms with E-state index in [1.807, 2.05) is 50.2 Å². The molecule has 3 rings (SSSR count). The van der Waals surface area contributed by atoms with Crippen LogP contribution in [0.2, 0.25) is 0 Å². The van der Waals surface area contributed by atoms with E-state index in [0.717, 1.165) is 17.5 Å². The van der Waals surface area contributed by atoms with Crippen LogP contribution in [0.15, 0.2) is 51.7 Å². The summed E-state index contributed by atoms with van der Waals surface area (Å²) in [5.74, 6) is 1.05. The van der Waals surface area contributed by atoms with Gasteiger partial charge < -0.3 is 13.9 Å². The number of nitrogens with zero attached hydrogens (tertiary/aromatic N) is 1. The number of benzene rings is 2. The summed E-state index contributed by atoms with van der Waals surface area (Å²) in [6.45, 7) is 8.37. The van der Waals surface area contributed by atoms with Gasteiger partial charge in [0, 0.05) is 6.07 Å². The molecule has 0 saturated heterocycles. The second kappa shape index (κ2) is 8.25. The second-order valence-electron chi connectivity index (χ2n) is 7.28. The van der Waals surface area contributed by atoms with Crippen LogP contribution in [0, 0.1) is 5.92 Å². The summed E-state index contributed by atoms with van der Waals surface area (Å²) < 4.78 is 16.7. The molecule has 0 aliphatic carbocycles. The van der Waals surface area contributed by atoms with Crippen molar-refractivity contribution in [3.63, 3.8) is 0 Å². The van der Waals surface area contributed by atoms with Crippen molar-refractivity contribution in [3.8, 4) is 11.8 Å². The molecule has 0 aliphatic heterocycles. The van der Waals surface area contributed by atoms with Gasteiger partial charge in [0.1, 0.15) is 12.4 Å². The third-order valence-electron chi connectivity index (χ3n) is 3.98. The standard InChI is InChI=1S/C22H25NO4/c1-14(2)10-17-11-18(25-13-16-8-6-5-7-9-16)12-19-20(17)21(24)27-22(23-19)26-15(3)4/h5-9,11-12,14-15H,10,13H2,1-4H3. The quantitative estimate of drug-likeness (QED) is 0.603. The molecule has 0 aliphatic rings. The molecule has 5 nitrogen and oxygen atoms in total. The third-order valence-corrected chi connectivity index (χ3v) is 3.98. The van der Waals surface area contributed by atoms with Crippen molar-refractivity contribution >= 4 is 10.9 Å². The molecule has 0 saturated carbocycles. The van der Waals surface area contributed by atoms with Crippen LogP contribution in [-0.2, 0) is 13.0 Å². The summed E-state index contributed by atoms with van der Waals surface area (Å²) >= 11 is 0. The van der Waals surface area contributed by atoms with Crippen molar-refractivity contribution in [3.05, 3.63) is 64.0 Å². The molecule has 27 heavy (non-hydrogen) atoms. The Labute approximate surface area is 159 Å². The maximum absolute atomic E-state index is 12.5. The molecule has 2 aromatic carbocycles. The van der Waals surface area contributed by atoms with Gasteiger partial charge in [-0.25, -0.2) is 4.79 Å². The topological polar surface area (TPSA) is 61.6 Å². The lowest BCUT2D eigenvalue weighted by Crippen LogP contribution is -2.12. The fourth-order valence-corrected chi connectivity index (χ4v) is 2.91. The molecule has 5 heteroatoms. The summed E-state index contributed by atoms with van der Waals surface area (Å²) in [5, 5.41) is 0.492. The number of hydrogen-bond acceptors (Lipinski definition) is 5. The van der Waals surface area contributed by atoms with Gasteiger partial charge in [0.25, 0.3) is 0 Å². The Kier molecular flexibility index (Phi) is 5.79. The highest BCUT2D eigenvalue weighted by molar-refractivity contribution is 5.82. The summed E-state index contributed by atoms with van der Waals surface area (Å²) in [6.07, 6.45) is 0.583. The van der Waals surface area contributed by atoms with E-state index in [9.17, 15) is 4.79 Å². The Morgan fingerprint density at radius 1 is 1.07 bits per heavy atom. The fraction of sp³-hybridized carbons (Fsp3) is 0.364. The SMILES string of the molecule is CC(C)Cc1cc(OCc2ccccc2)cc2nc(OC(C)C)oc(=O)c12. The zero-order chi connectivity index (χ0) is 19.4. The van der Waals surface area contributed by atoms with Gasteiger partial charge in [0.05, 0.1) is 17.0 Å². The van der Waals surface area contributed by atoms with Crippen molar-refractivity contribution in [2.75, 3.05) is 0 Å². The summed E-state index contributed by atoms with van der Waals surface area (Å²) in [5.41, 5.74) is 2.05. The molecule has 0 atom stereocenters. The molecule has 0 spiro atoms. The number of ether oxygens (including phenoxy) is 2. The van der Waals surface area contributed by atoms with Gasteiger partial charge in [-0.05, 0) is 43.4 Å². The van der Waals surface area contributed by atoms with Gasteiger partial charge >= 0.3 is 11.7 Å². The van der Waals surface area contributed by atoms with Gasteiger partial charge in [-0.3, -0.25) is 0 Å². The molecule has 0 unspecified atom stereocenters. The van der Waals surface area contributed by atoms with E-state index < -0.39 is 5.63 Å². The van der Waals surface area contributed by atoms with E-state index in [2.05, 4.69) is 18.8 Å². The first-order chi connectivity index (χ1) is 12.9. The van der Waals surface area contributed by atoms with Crippen LogP contribution in [0.3, 0.4) is 0 Å². The van der Waals surface area contributed by atoms with Crippen LogP contribution in [0.5, 0.6) is 11.8 Å². The van der Waals surface area contributed by atoms with Gasteiger partial charge in [-0.1, -0.05) is 44.2 Å². The van der Waals surface area contributed by atoms with E-state index >= 15 is 0 Å². The maximum atomic E-state index is 12.5. The van der Waals surface area contributed by atoms with Crippen LogP contribution >= 0.6 is 0 Å². The van der Waals surface area contributed by atoms with E-state index in [4.69, 9.17) is 13.9 Å². The minimum Gasteiger partial charge on any atom is -0.489 e. The number of rotatable bonds is 7. The van der Waals surface area contributed by atoms with Crippen LogP contribution in [0.1, 0.15) is 38.8 Å². The molecule has 0 amide bonds. The second-order valence-corrected chi connectivity index (χ2v) is 7.28. The maximum Gasteiger partial charge on any atom is 0.397 e. The zero-order valence-electron chi connectivity index (χ0n) is 16.2. The monoisotopic (exact) mass is 367 g/mol. The molecule has 0 bridgehead atoms. The molecule has 0 fully saturated rings. The lowest BCUT2D eigenvalue weighted by Gasteiger charge is -2.13. The van der Waals surface area contributed by atoms with Crippen LogP contribution in [0.25, 0.3) is 10.9 Å². The van der Waals surface area contributed by atoms with Crippen molar-refractivity contribution in [1.29, 1.82) is 0 Å². The minimum absolute atomic E-state index is 0.0155. The van der Waals surface area contributed by atoms with Gasteiger partial charge in [0.2, 0.25) is 0 Å². The third kappa shape index (κ3) is 4.88. The van der Waals surface area contributed by atoms with Crippen LogP contribution in [-0.4, -0.2) is 11.1 Å². The Hall–Kier alpha value is -2.82. The number of fused-ring (bicyclic) bond motifs is 1. The first kappa shape index (κ1) is 19.0. The zero-order valence-corrected chi connectivity index (χ0v) is 16.2. The lowest BCUT2D eigenvalue weighted by atomic mass is 9.99. The molecule has 142 valence electrons. The molecular weight excluding hydrogens is 342 g/mol. The highest BCUT2D eigenvalue weighted by atomic mass is 16.6. The lowest BCUT2D eigenvalue weighted by molar-refractivity contribution is 0.166. The molecule has 0 radical (unpaired) electrons. The Morgan fingerprint density at radius 3 is 2.48 bits per heavy atom. The predicted octanol–water partition coefficient (Wildman–Crippen LogP) is 4.75. The van der Waals surface area contributed by atoms with Crippen molar-refractivity contribution in [2.24, 2.45) is 5.92 Å². The Morgan fingerprint density at radius 2 is 1.81 bits per heavy atom. The van der Waals surface area contributed by atoms with Gasteiger partial charge in [-0.15, -0.1) is 0 Å². The first-order valence-electron chi connectivity index (χ1n) is 9.23. The normalized spacial score (nSPS) is 11.3. The van der Waals surface area contributed by atoms with Crippen LogP contribution in [0.4, 0.5) is 0 Å². The average Bonchev–Trinajstić information content (AvgIpc) is 2.59. The highest BCUT2D eigenvalue weighted by Gasteiger charge is 2.16. The average molecular weight is 367 g/mol. The van der Waals surface area contributed by atoms with Crippen LogP contribution < -0.4 is 15.1 Å². The summed E-state index contributed by atoms with van der Waals surface area (Å²) in [7, 11) is 0. The fourth-order valence-electron chi connectivity index (χ4n) is 2.91. The van der Waals surface area contributed by atoms with Crippen molar-refractivity contribution in [1.82, 2.24) is 4.98 Å². The van der Waals surface area contributed by atoms with Gasteiger partial charge in [0.15, 0.2) is 0 Å². The highest BCUT2D eigenvalue weighted by Crippen LogP contribution is 2.26. The predicted molar refractivity (Wildman–Crippen MR) is 105 cm³/mol. The molecule has 0 N–H and O–H groups in total. The number of hydrogen-bond donors (Lipinski definition) is 0.